The van der Waals surface area contributed by atoms with Gasteiger partial charge in [0.15, 0.2) is 5.82 Å². The summed E-state index contributed by atoms with van der Waals surface area (Å²) in [6, 6.07) is 2.62. The van der Waals surface area contributed by atoms with Crippen molar-refractivity contribution in [3.8, 4) is 0 Å². The minimum Gasteiger partial charge on any atom is -0.366 e. The van der Waals surface area contributed by atoms with Gasteiger partial charge >= 0.3 is 0 Å². The molecule has 4 heteroatoms. The molecule has 18 heavy (non-hydrogen) atoms. The van der Waals surface area contributed by atoms with Gasteiger partial charge in [-0.3, -0.25) is 0 Å². The van der Waals surface area contributed by atoms with Crippen LogP contribution in [0.2, 0.25) is 0 Å². The molecule has 2 heterocycles. The Balaban J connectivity index is 1.83. The van der Waals surface area contributed by atoms with E-state index in [0.29, 0.717) is 6.04 Å². The molecule has 0 spiro atoms. The van der Waals surface area contributed by atoms with E-state index in [4.69, 9.17) is 0 Å². The number of nitrogens with one attached hydrogen (secondary N) is 1. The van der Waals surface area contributed by atoms with Crippen molar-refractivity contribution in [3.05, 3.63) is 24.2 Å². The van der Waals surface area contributed by atoms with Crippen LogP contribution in [-0.2, 0) is 0 Å². The van der Waals surface area contributed by atoms with Gasteiger partial charge in [0.2, 0.25) is 0 Å². The van der Waals surface area contributed by atoms with Gasteiger partial charge in [0.25, 0.3) is 0 Å². The van der Waals surface area contributed by atoms with E-state index in [9.17, 15) is 0 Å². The number of hydrogen-bond acceptors (Lipinski definition) is 3. The maximum atomic E-state index is 4.46. The molecule has 0 amide bonds. The van der Waals surface area contributed by atoms with Crippen molar-refractivity contribution in [2.45, 2.75) is 45.6 Å². The quantitative estimate of drug-likeness (QED) is 0.879. The van der Waals surface area contributed by atoms with Crippen LogP contribution < -0.4 is 5.32 Å². The van der Waals surface area contributed by atoms with E-state index in [-0.39, 0.29) is 0 Å². The van der Waals surface area contributed by atoms with Crippen LogP contribution in [0.25, 0.3) is 5.52 Å². The highest BCUT2D eigenvalue weighted by molar-refractivity contribution is 5.67. The third-order valence-corrected chi connectivity index (χ3v) is 3.66. The van der Waals surface area contributed by atoms with Gasteiger partial charge in [0.1, 0.15) is 5.52 Å². The van der Waals surface area contributed by atoms with Crippen LogP contribution in [0, 0.1) is 12.8 Å². The molecule has 0 saturated heterocycles. The van der Waals surface area contributed by atoms with Crippen molar-refractivity contribution >= 4 is 11.3 Å². The standard InChI is InChI=1S/C14H20N4/c1-3-12(9-11-4-5-11)16-14-13-8-10(2)17-18(13)7-6-15-14/h6-8,11-12H,3-5,9H2,1-2H3,(H,15,16). The van der Waals surface area contributed by atoms with E-state index in [2.05, 4.69) is 28.4 Å². The Hall–Kier alpha value is -1.58. The van der Waals surface area contributed by atoms with Gasteiger partial charge in [-0.15, -0.1) is 0 Å². The molecule has 96 valence electrons. The lowest BCUT2D eigenvalue weighted by atomic mass is 10.1. The summed E-state index contributed by atoms with van der Waals surface area (Å²) >= 11 is 0. The fourth-order valence-electron chi connectivity index (χ4n) is 2.43. The molecule has 1 aliphatic carbocycles. The van der Waals surface area contributed by atoms with E-state index < -0.39 is 0 Å². The van der Waals surface area contributed by atoms with Gasteiger partial charge in [-0.2, -0.15) is 5.10 Å². The summed E-state index contributed by atoms with van der Waals surface area (Å²) in [5.41, 5.74) is 2.10. The van der Waals surface area contributed by atoms with Gasteiger partial charge in [0.05, 0.1) is 5.69 Å². The summed E-state index contributed by atoms with van der Waals surface area (Å²) in [7, 11) is 0. The zero-order valence-corrected chi connectivity index (χ0v) is 11.1. The van der Waals surface area contributed by atoms with E-state index in [0.717, 1.165) is 29.4 Å². The molecule has 0 bridgehead atoms. The Labute approximate surface area is 107 Å². The number of rotatable bonds is 5. The van der Waals surface area contributed by atoms with Crippen molar-refractivity contribution in [3.63, 3.8) is 0 Å². The van der Waals surface area contributed by atoms with Crippen LogP contribution in [0.4, 0.5) is 5.82 Å². The molecule has 0 aliphatic heterocycles. The van der Waals surface area contributed by atoms with Gasteiger partial charge in [-0.25, -0.2) is 9.50 Å². The molecule has 0 aromatic carbocycles. The van der Waals surface area contributed by atoms with Crippen LogP contribution in [-0.4, -0.2) is 20.6 Å². The monoisotopic (exact) mass is 244 g/mol. The Morgan fingerprint density at radius 1 is 1.50 bits per heavy atom. The fourth-order valence-corrected chi connectivity index (χ4v) is 2.43. The predicted molar refractivity (Wildman–Crippen MR) is 72.8 cm³/mol. The molecule has 0 radical (unpaired) electrons. The zero-order chi connectivity index (χ0) is 12.5. The van der Waals surface area contributed by atoms with E-state index >= 15 is 0 Å². The molecular weight excluding hydrogens is 224 g/mol. The average Bonchev–Trinajstić information content (AvgIpc) is 3.08. The molecule has 2 aromatic rings. The van der Waals surface area contributed by atoms with Crippen molar-refractivity contribution < 1.29 is 0 Å². The second kappa shape index (κ2) is 4.59. The molecule has 1 fully saturated rings. The Morgan fingerprint density at radius 2 is 2.33 bits per heavy atom. The summed E-state index contributed by atoms with van der Waals surface area (Å²) in [5.74, 6) is 1.90. The lowest BCUT2D eigenvalue weighted by Crippen LogP contribution is -2.20. The lowest BCUT2D eigenvalue weighted by Gasteiger charge is -2.17. The van der Waals surface area contributed by atoms with Crippen LogP contribution in [0.5, 0.6) is 0 Å². The first-order valence-electron chi connectivity index (χ1n) is 6.83. The van der Waals surface area contributed by atoms with E-state index in [1.807, 2.05) is 23.8 Å². The lowest BCUT2D eigenvalue weighted by molar-refractivity contribution is 0.585. The summed E-state index contributed by atoms with van der Waals surface area (Å²) in [6.07, 6.45) is 8.93. The van der Waals surface area contributed by atoms with Crippen molar-refractivity contribution in [2.75, 3.05) is 5.32 Å². The van der Waals surface area contributed by atoms with Crippen molar-refractivity contribution in [2.24, 2.45) is 5.92 Å². The van der Waals surface area contributed by atoms with Crippen LogP contribution in [0.15, 0.2) is 18.5 Å². The number of hydrogen-bond donors (Lipinski definition) is 1. The topological polar surface area (TPSA) is 42.2 Å². The number of aryl methyl sites for hydroxylation is 1. The van der Waals surface area contributed by atoms with E-state index in [1.54, 1.807) is 0 Å². The maximum Gasteiger partial charge on any atom is 0.152 e. The third-order valence-electron chi connectivity index (χ3n) is 3.66. The van der Waals surface area contributed by atoms with Gasteiger partial charge < -0.3 is 5.32 Å². The Morgan fingerprint density at radius 3 is 3.06 bits per heavy atom. The fraction of sp³-hybridized carbons (Fsp3) is 0.571. The molecule has 4 nitrogen and oxygen atoms in total. The molecule has 3 rings (SSSR count). The molecule has 1 saturated carbocycles. The average molecular weight is 244 g/mol. The molecular formula is C14H20N4. The van der Waals surface area contributed by atoms with Crippen molar-refractivity contribution in [1.82, 2.24) is 14.6 Å². The number of aromatic nitrogens is 3. The highest BCUT2D eigenvalue weighted by Crippen LogP contribution is 2.34. The largest absolute Gasteiger partial charge is 0.366 e. The molecule has 2 aromatic heterocycles. The first-order valence-corrected chi connectivity index (χ1v) is 6.83. The van der Waals surface area contributed by atoms with Gasteiger partial charge in [-0.1, -0.05) is 19.8 Å². The zero-order valence-electron chi connectivity index (χ0n) is 11.1. The van der Waals surface area contributed by atoms with Crippen LogP contribution in [0.3, 0.4) is 0 Å². The summed E-state index contributed by atoms with van der Waals surface area (Å²) < 4.78 is 1.90. The normalized spacial score (nSPS) is 17.0. The van der Waals surface area contributed by atoms with Gasteiger partial charge in [-0.05, 0) is 31.7 Å². The highest BCUT2D eigenvalue weighted by atomic mass is 15.2. The van der Waals surface area contributed by atoms with Crippen LogP contribution in [0.1, 0.15) is 38.3 Å². The SMILES string of the molecule is CCC(CC1CC1)Nc1nccn2nc(C)cc12. The summed E-state index contributed by atoms with van der Waals surface area (Å²) in [6.45, 7) is 4.25. The second-order valence-corrected chi connectivity index (χ2v) is 5.32. The number of nitrogens with zero attached hydrogens (tertiary/aromatic N) is 3. The number of anilines is 1. The predicted octanol–water partition coefficient (Wildman–Crippen LogP) is 3.03. The van der Waals surface area contributed by atoms with E-state index in [1.165, 1.54) is 19.3 Å². The number of fused-ring (bicyclic) bond motifs is 1. The van der Waals surface area contributed by atoms with Crippen LogP contribution >= 0.6 is 0 Å². The van der Waals surface area contributed by atoms with Crippen molar-refractivity contribution in [1.29, 1.82) is 0 Å². The third kappa shape index (κ3) is 2.33. The summed E-state index contributed by atoms with van der Waals surface area (Å²) in [5, 5.41) is 8.00. The highest BCUT2D eigenvalue weighted by Gasteiger charge is 2.25. The molecule has 1 atom stereocenters. The summed E-state index contributed by atoms with van der Waals surface area (Å²) in [4.78, 5) is 4.46. The Kier molecular flexibility index (Phi) is 2.94. The minimum absolute atomic E-state index is 0.534. The Bertz CT molecular complexity index is 542. The first-order chi connectivity index (χ1) is 8.76. The molecule has 1 unspecified atom stereocenters. The second-order valence-electron chi connectivity index (χ2n) is 5.32. The molecule has 1 aliphatic rings. The maximum absolute atomic E-state index is 4.46. The first kappa shape index (κ1) is 11.5. The molecule has 1 N–H and O–H groups in total. The minimum atomic E-state index is 0.534. The smallest absolute Gasteiger partial charge is 0.152 e. The van der Waals surface area contributed by atoms with Gasteiger partial charge in [0, 0.05) is 18.4 Å².